The molecule has 1 fully saturated rings. The molecular weight excluding hydrogens is 355 g/mol. The number of halogens is 1. The van der Waals surface area contributed by atoms with Crippen LogP contribution in [-0.2, 0) is 6.42 Å². The number of aromatic nitrogens is 4. The third kappa shape index (κ3) is 3.22. The number of alkyl halides is 1. The Morgan fingerprint density at radius 1 is 1.37 bits per heavy atom. The van der Waals surface area contributed by atoms with Crippen LogP contribution in [0.4, 0.5) is 20.7 Å². The van der Waals surface area contributed by atoms with Crippen molar-refractivity contribution < 1.29 is 19.0 Å². The smallest absolute Gasteiger partial charge is 0.407 e. The summed E-state index contributed by atoms with van der Waals surface area (Å²) in [5.74, 6) is 0.997. The lowest BCUT2D eigenvalue weighted by atomic mass is 10.1. The van der Waals surface area contributed by atoms with Crippen LogP contribution in [0, 0.1) is 6.92 Å². The zero-order chi connectivity index (χ0) is 19.0. The highest BCUT2D eigenvalue weighted by Crippen LogP contribution is 2.35. The van der Waals surface area contributed by atoms with E-state index < -0.39 is 18.4 Å². The molecule has 0 radical (unpaired) electrons. The molecule has 2 aromatic heterocycles. The van der Waals surface area contributed by atoms with Gasteiger partial charge >= 0.3 is 6.09 Å². The number of rotatable bonds is 3. The number of ether oxygens (including phenoxy) is 1. The van der Waals surface area contributed by atoms with E-state index in [-0.39, 0.29) is 19.5 Å². The van der Waals surface area contributed by atoms with Gasteiger partial charge in [-0.1, -0.05) is 0 Å². The van der Waals surface area contributed by atoms with Crippen molar-refractivity contribution in [3.05, 3.63) is 29.8 Å². The average molecular weight is 374 g/mol. The van der Waals surface area contributed by atoms with Crippen LogP contribution >= 0.6 is 0 Å². The van der Waals surface area contributed by atoms with Gasteiger partial charge in [-0.25, -0.2) is 19.2 Å². The Bertz CT molecular complexity index is 866. The van der Waals surface area contributed by atoms with E-state index in [1.165, 1.54) is 6.33 Å². The lowest BCUT2D eigenvalue weighted by Gasteiger charge is -2.33. The van der Waals surface area contributed by atoms with E-state index in [4.69, 9.17) is 9.84 Å². The lowest BCUT2D eigenvalue weighted by molar-refractivity contribution is 0.0222. The second-order valence-electron chi connectivity index (χ2n) is 6.58. The van der Waals surface area contributed by atoms with Gasteiger partial charge in [0.15, 0.2) is 6.17 Å². The molecule has 1 N–H and O–H groups in total. The van der Waals surface area contributed by atoms with Crippen molar-refractivity contribution >= 4 is 17.6 Å². The summed E-state index contributed by atoms with van der Waals surface area (Å²) in [6, 6.07) is 1.89. The number of nitrogens with zero attached hydrogens (tertiary/aromatic N) is 6. The average Bonchev–Trinajstić information content (AvgIpc) is 3.09. The maximum Gasteiger partial charge on any atom is 0.407 e. The van der Waals surface area contributed by atoms with Gasteiger partial charge in [-0.3, -0.25) is 0 Å². The number of hydrogen-bond acceptors (Lipinski definition) is 7. The largest absolute Gasteiger partial charge is 0.471 e. The van der Waals surface area contributed by atoms with Gasteiger partial charge in [-0.05, 0) is 13.0 Å². The lowest BCUT2D eigenvalue weighted by Crippen LogP contribution is -2.48. The Labute approximate surface area is 154 Å². The van der Waals surface area contributed by atoms with Crippen LogP contribution in [0.25, 0.3) is 0 Å². The van der Waals surface area contributed by atoms with Crippen molar-refractivity contribution in [2.24, 2.45) is 0 Å². The second-order valence-corrected chi connectivity index (χ2v) is 6.58. The van der Waals surface area contributed by atoms with Crippen molar-refractivity contribution in [1.29, 1.82) is 0 Å². The highest BCUT2D eigenvalue weighted by atomic mass is 19.1. The van der Waals surface area contributed by atoms with Crippen LogP contribution in [0.15, 0.2) is 18.6 Å². The standard InChI is InChI=1S/C17H19FN6O3/c1-10-15(24-7-3-12-13(24)2-5-21-22-12)19-9-20-16(10)27-14-4-6-23(17(25)26)8-11(14)18/h2,5,9,11,14H,3-4,6-8H2,1H3,(H,25,26)/t11-,14+/m0/s1. The van der Waals surface area contributed by atoms with Crippen LogP contribution in [0.2, 0.25) is 0 Å². The van der Waals surface area contributed by atoms with Gasteiger partial charge in [0.05, 0.1) is 29.7 Å². The summed E-state index contributed by atoms with van der Waals surface area (Å²) in [5.41, 5.74) is 2.55. The van der Waals surface area contributed by atoms with Crippen molar-refractivity contribution in [2.75, 3.05) is 24.5 Å². The predicted molar refractivity (Wildman–Crippen MR) is 93.0 cm³/mol. The number of hydrogen-bond donors (Lipinski definition) is 1. The van der Waals surface area contributed by atoms with Crippen LogP contribution < -0.4 is 9.64 Å². The molecule has 1 amide bonds. The number of amides is 1. The predicted octanol–water partition coefficient (Wildman–Crippen LogP) is 1.74. The fourth-order valence-corrected chi connectivity index (χ4v) is 3.49. The van der Waals surface area contributed by atoms with E-state index in [0.717, 1.165) is 22.7 Å². The minimum atomic E-state index is -1.41. The number of piperidine rings is 1. The van der Waals surface area contributed by atoms with E-state index in [2.05, 4.69) is 20.2 Å². The van der Waals surface area contributed by atoms with Gasteiger partial charge in [-0.2, -0.15) is 10.2 Å². The van der Waals surface area contributed by atoms with E-state index in [0.29, 0.717) is 23.8 Å². The molecule has 0 aromatic carbocycles. The summed E-state index contributed by atoms with van der Waals surface area (Å²) in [6.45, 7) is 2.58. The first kappa shape index (κ1) is 17.4. The van der Waals surface area contributed by atoms with E-state index in [1.807, 2.05) is 17.9 Å². The molecule has 2 aliphatic rings. The molecule has 2 atom stereocenters. The molecule has 0 bridgehead atoms. The Hall–Kier alpha value is -3.04. The molecule has 1 saturated heterocycles. The highest BCUT2D eigenvalue weighted by molar-refractivity contribution is 5.68. The molecule has 0 saturated carbocycles. The van der Waals surface area contributed by atoms with Crippen LogP contribution in [0.1, 0.15) is 17.7 Å². The van der Waals surface area contributed by atoms with Crippen molar-refractivity contribution in [1.82, 2.24) is 25.1 Å². The van der Waals surface area contributed by atoms with Gasteiger partial charge in [-0.15, -0.1) is 0 Å². The summed E-state index contributed by atoms with van der Waals surface area (Å²) in [6.07, 6.45) is 0.803. The number of carbonyl (C=O) groups is 1. The third-order valence-electron chi connectivity index (χ3n) is 4.92. The zero-order valence-electron chi connectivity index (χ0n) is 14.7. The molecule has 0 spiro atoms. The van der Waals surface area contributed by atoms with Crippen LogP contribution in [0.5, 0.6) is 5.88 Å². The van der Waals surface area contributed by atoms with Crippen molar-refractivity contribution in [3.63, 3.8) is 0 Å². The Morgan fingerprint density at radius 2 is 2.22 bits per heavy atom. The van der Waals surface area contributed by atoms with E-state index in [9.17, 15) is 9.18 Å². The highest BCUT2D eigenvalue weighted by Gasteiger charge is 2.34. The van der Waals surface area contributed by atoms with Crippen molar-refractivity contribution in [2.45, 2.75) is 32.0 Å². The number of anilines is 2. The molecule has 2 aromatic rings. The molecule has 4 heterocycles. The Kier molecular flexibility index (Phi) is 4.46. The molecule has 0 aliphatic carbocycles. The summed E-state index contributed by atoms with van der Waals surface area (Å²) in [7, 11) is 0. The maximum atomic E-state index is 14.4. The molecule has 142 valence electrons. The molecule has 4 rings (SSSR count). The molecule has 27 heavy (non-hydrogen) atoms. The molecule has 10 heteroatoms. The summed E-state index contributed by atoms with van der Waals surface area (Å²) < 4.78 is 20.2. The SMILES string of the molecule is Cc1c(O[C@@H]2CCN(C(=O)O)C[C@@H]2F)ncnc1N1CCc2nnccc21. The van der Waals surface area contributed by atoms with Gasteiger partial charge in [0.25, 0.3) is 0 Å². The van der Waals surface area contributed by atoms with Gasteiger partial charge in [0.1, 0.15) is 18.2 Å². The molecule has 2 aliphatic heterocycles. The molecule has 0 unspecified atom stereocenters. The number of carboxylic acid groups (broad SMARTS) is 1. The first-order valence-electron chi connectivity index (χ1n) is 8.73. The van der Waals surface area contributed by atoms with Gasteiger partial charge in [0.2, 0.25) is 5.88 Å². The number of fused-ring (bicyclic) bond motifs is 1. The second kappa shape index (κ2) is 6.93. The molecular formula is C17H19FN6O3. The number of likely N-dealkylation sites (tertiary alicyclic amines) is 1. The monoisotopic (exact) mass is 374 g/mol. The van der Waals surface area contributed by atoms with Crippen LogP contribution in [0.3, 0.4) is 0 Å². The molecule has 9 nitrogen and oxygen atoms in total. The van der Waals surface area contributed by atoms with Gasteiger partial charge in [0, 0.05) is 25.9 Å². The van der Waals surface area contributed by atoms with E-state index >= 15 is 0 Å². The minimum Gasteiger partial charge on any atom is -0.471 e. The fraction of sp³-hybridized carbons (Fsp3) is 0.471. The fourth-order valence-electron chi connectivity index (χ4n) is 3.49. The first-order chi connectivity index (χ1) is 13.0. The summed E-state index contributed by atoms with van der Waals surface area (Å²) >= 11 is 0. The topological polar surface area (TPSA) is 105 Å². The summed E-state index contributed by atoms with van der Waals surface area (Å²) in [5, 5.41) is 17.0. The Morgan fingerprint density at radius 3 is 3.00 bits per heavy atom. The quantitative estimate of drug-likeness (QED) is 0.866. The van der Waals surface area contributed by atoms with Crippen LogP contribution in [-0.4, -0.2) is 68.2 Å². The van der Waals surface area contributed by atoms with Crippen molar-refractivity contribution in [3.8, 4) is 5.88 Å². The third-order valence-corrected chi connectivity index (χ3v) is 4.92. The first-order valence-corrected chi connectivity index (χ1v) is 8.73. The maximum absolute atomic E-state index is 14.4. The minimum absolute atomic E-state index is 0.199. The normalized spacial score (nSPS) is 21.9. The summed E-state index contributed by atoms with van der Waals surface area (Å²) in [4.78, 5) is 22.6. The van der Waals surface area contributed by atoms with Gasteiger partial charge < -0.3 is 19.6 Å². The Balaban J connectivity index is 1.54. The zero-order valence-corrected chi connectivity index (χ0v) is 14.7. The van der Waals surface area contributed by atoms with E-state index in [1.54, 1.807) is 6.20 Å².